The summed E-state index contributed by atoms with van der Waals surface area (Å²) in [6.07, 6.45) is 1.67. The van der Waals surface area contributed by atoms with Crippen LogP contribution >= 0.6 is 23.2 Å². The zero-order valence-corrected chi connectivity index (χ0v) is 16.8. The molecule has 3 nitrogen and oxygen atoms in total. The van der Waals surface area contributed by atoms with Gasteiger partial charge < -0.3 is 0 Å². The van der Waals surface area contributed by atoms with Crippen LogP contribution in [0.4, 0.5) is 4.39 Å². The third-order valence-corrected chi connectivity index (χ3v) is 5.49. The topological polar surface area (TPSA) is 30.7 Å². The van der Waals surface area contributed by atoms with Crippen LogP contribution in [0, 0.1) is 12.7 Å². The van der Waals surface area contributed by atoms with E-state index in [1.165, 1.54) is 6.07 Å². The monoisotopic (exact) mass is 421 g/mol. The molecule has 5 aromatic rings. The van der Waals surface area contributed by atoms with Crippen LogP contribution < -0.4 is 0 Å². The van der Waals surface area contributed by atoms with Gasteiger partial charge in [0.05, 0.1) is 16.2 Å². The summed E-state index contributed by atoms with van der Waals surface area (Å²) >= 11 is 12.6. The second kappa shape index (κ2) is 6.83. The first-order valence-corrected chi connectivity index (χ1v) is 9.77. The van der Waals surface area contributed by atoms with Gasteiger partial charge in [-0.3, -0.25) is 4.98 Å². The van der Waals surface area contributed by atoms with Crippen molar-refractivity contribution in [3.05, 3.63) is 88.3 Å². The van der Waals surface area contributed by atoms with E-state index in [1.807, 2.05) is 43.3 Å². The Morgan fingerprint density at radius 3 is 2.48 bits per heavy atom. The summed E-state index contributed by atoms with van der Waals surface area (Å²) in [4.78, 5) is 4.37. The van der Waals surface area contributed by atoms with E-state index < -0.39 is 0 Å². The maximum absolute atomic E-state index is 14.4. The van der Waals surface area contributed by atoms with Gasteiger partial charge in [-0.1, -0.05) is 65.2 Å². The zero-order valence-electron chi connectivity index (χ0n) is 15.3. The summed E-state index contributed by atoms with van der Waals surface area (Å²) in [5.41, 5.74) is 4.56. The largest absolute Gasteiger partial charge is 0.252 e. The highest BCUT2D eigenvalue weighted by Gasteiger charge is 2.19. The van der Waals surface area contributed by atoms with E-state index in [1.54, 1.807) is 29.1 Å². The predicted molar refractivity (Wildman–Crippen MR) is 117 cm³/mol. The quantitative estimate of drug-likeness (QED) is 0.307. The second-order valence-corrected chi connectivity index (χ2v) is 7.72. The minimum Gasteiger partial charge on any atom is -0.252 e. The van der Waals surface area contributed by atoms with Crippen molar-refractivity contribution in [2.45, 2.75) is 6.92 Å². The number of halogens is 3. The number of benzene rings is 3. The van der Waals surface area contributed by atoms with E-state index >= 15 is 0 Å². The Labute approximate surface area is 176 Å². The smallest absolute Gasteiger partial charge is 0.149 e. The summed E-state index contributed by atoms with van der Waals surface area (Å²) in [5, 5.41) is 7.33. The Morgan fingerprint density at radius 2 is 1.72 bits per heavy atom. The maximum atomic E-state index is 14.4. The summed E-state index contributed by atoms with van der Waals surface area (Å²) in [5.74, 6) is -0.378. The van der Waals surface area contributed by atoms with Gasteiger partial charge >= 0.3 is 0 Å². The first-order chi connectivity index (χ1) is 14.0. The predicted octanol–water partition coefficient (Wildman–Crippen LogP) is 7.00. The molecule has 0 aliphatic carbocycles. The minimum atomic E-state index is -0.378. The molecule has 0 N–H and O–H groups in total. The lowest BCUT2D eigenvalue weighted by Gasteiger charge is -2.08. The minimum absolute atomic E-state index is 0.293. The molecule has 0 radical (unpaired) electrons. The van der Waals surface area contributed by atoms with Gasteiger partial charge in [-0.25, -0.2) is 9.07 Å². The van der Waals surface area contributed by atoms with Crippen LogP contribution in [0.2, 0.25) is 10.0 Å². The summed E-state index contributed by atoms with van der Waals surface area (Å²) < 4.78 is 16.2. The summed E-state index contributed by atoms with van der Waals surface area (Å²) in [6, 6.07) is 18.2. The van der Waals surface area contributed by atoms with Crippen molar-refractivity contribution in [3.8, 4) is 16.9 Å². The molecule has 0 unspecified atom stereocenters. The van der Waals surface area contributed by atoms with E-state index in [0.29, 0.717) is 26.6 Å². The summed E-state index contributed by atoms with van der Waals surface area (Å²) in [7, 11) is 0. The van der Waals surface area contributed by atoms with E-state index in [2.05, 4.69) is 4.98 Å². The molecule has 5 rings (SSSR count). The number of aromatic nitrogens is 3. The van der Waals surface area contributed by atoms with E-state index in [4.69, 9.17) is 28.3 Å². The van der Waals surface area contributed by atoms with Crippen molar-refractivity contribution in [3.63, 3.8) is 0 Å². The maximum Gasteiger partial charge on any atom is 0.149 e. The molecular formula is C23H14Cl2FN3. The van der Waals surface area contributed by atoms with Gasteiger partial charge in [0.2, 0.25) is 0 Å². The molecule has 0 atom stereocenters. The first kappa shape index (κ1) is 18.1. The van der Waals surface area contributed by atoms with Crippen LogP contribution in [0.1, 0.15) is 5.56 Å². The van der Waals surface area contributed by atoms with E-state index in [-0.39, 0.29) is 5.82 Å². The normalized spacial score (nSPS) is 11.4. The molecule has 0 fully saturated rings. The van der Waals surface area contributed by atoms with Crippen LogP contribution in [0.5, 0.6) is 0 Å². The molecule has 3 aromatic carbocycles. The van der Waals surface area contributed by atoms with Gasteiger partial charge in [0.25, 0.3) is 0 Å². The van der Waals surface area contributed by atoms with Crippen molar-refractivity contribution < 1.29 is 4.39 Å². The van der Waals surface area contributed by atoms with Gasteiger partial charge in [-0.2, -0.15) is 5.10 Å². The molecule has 0 aliphatic rings. The number of rotatable bonds is 2. The van der Waals surface area contributed by atoms with Crippen molar-refractivity contribution >= 4 is 45.0 Å². The Bertz CT molecular complexity index is 1390. The Hall–Kier alpha value is -2.95. The van der Waals surface area contributed by atoms with Gasteiger partial charge in [0, 0.05) is 27.6 Å². The van der Waals surface area contributed by atoms with Crippen molar-refractivity contribution in [1.29, 1.82) is 0 Å². The molecule has 0 spiro atoms. The molecule has 0 amide bonds. The Kier molecular flexibility index (Phi) is 4.26. The number of para-hydroxylation sites is 1. The molecule has 142 valence electrons. The van der Waals surface area contributed by atoms with Crippen molar-refractivity contribution in [2.75, 3.05) is 0 Å². The number of aryl methyl sites for hydroxylation is 1. The van der Waals surface area contributed by atoms with E-state index in [0.717, 1.165) is 27.7 Å². The standard InChI is InChI=1S/C23H14Cl2FN3/c1-13-5-7-14(8-6-13)21-17-12-27-22-16(3-2-4-19(22)26)23(17)29(28-21)20-10-9-15(24)11-18(20)25/h2-12H,1H3. The average molecular weight is 422 g/mol. The molecule has 2 heterocycles. The van der Waals surface area contributed by atoms with Crippen LogP contribution in [0.25, 0.3) is 38.8 Å². The second-order valence-electron chi connectivity index (χ2n) is 6.88. The Balaban J connectivity index is 1.92. The number of fused-ring (bicyclic) bond motifs is 3. The third-order valence-electron chi connectivity index (χ3n) is 4.95. The van der Waals surface area contributed by atoms with Crippen LogP contribution in [0.3, 0.4) is 0 Å². The summed E-state index contributed by atoms with van der Waals surface area (Å²) in [6.45, 7) is 2.03. The highest BCUT2D eigenvalue weighted by Crippen LogP contribution is 2.36. The molecule has 0 saturated carbocycles. The SMILES string of the molecule is Cc1ccc(-c2nn(-c3ccc(Cl)cc3Cl)c3c2cnc2c(F)cccc23)cc1. The highest BCUT2D eigenvalue weighted by molar-refractivity contribution is 6.35. The van der Waals surface area contributed by atoms with Crippen molar-refractivity contribution in [1.82, 2.24) is 14.8 Å². The zero-order chi connectivity index (χ0) is 20.1. The van der Waals surface area contributed by atoms with Gasteiger partial charge in [0.15, 0.2) is 0 Å². The lowest BCUT2D eigenvalue weighted by atomic mass is 10.1. The lowest BCUT2D eigenvalue weighted by molar-refractivity contribution is 0.637. The fraction of sp³-hybridized carbons (Fsp3) is 0.0435. The van der Waals surface area contributed by atoms with Crippen LogP contribution in [0.15, 0.2) is 66.9 Å². The number of pyridine rings is 1. The number of nitrogens with zero attached hydrogens (tertiary/aromatic N) is 3. The fourth-order valence-electron chi connectivity index (χ4n) is 3.53. The molecule has 0 saturated heterocycles. The molecule has 2 aromatic heterocycles. The van der Waals surface area contributed by atoms with E-state index in [9.17, 15) is 4.39 Å². The van der Waals surface area contributed by atoms with Gasteiger partial charge in [-0.15, -0.1) is 0 Å². The lowest BCUT2D eigenvalue weighted by Crippen LogP contribution is -1.98. The molecule has 6 heteroatoms. The molecule has 0 bridgehead atoms. The first-order valence-electron chi connectivity index (χ1n) is 9.01. The van der Waals surface area contributed by atoms with Crippen molar-refractivity contribution in [2.24, 2.45) is 0 Å². The Morgan fingerprint density at radius 1 is 0.931 bits per heavy atom. The fourth-order valence-corrected chi connectivity index (χ4v) is 4.02. The van der Waals surface area contributed by atoms with Crippen LogP contribution in [-0.4, -0.2) is 14.8 Å². The molecule has 29 heavy (non-hydrogen) atoms. The molecule has 0 aliphatic heterocycles. The number of hydrogen-bond donors (Lipinski definition) is 0. The number of hydrogen-bond acceptors (Lipinski definition) is 2. The van der Waals surface area contributed by atoms with Crippen LogP contribution in [-0.2, 0) is 0 Å². The van der Waals surface area contributed by atoms with Gasteiger partial charge in [0.1, 0.15) is 17.0 Å². The average Bonchev–Trinajstić information content (AvgIpc) is 3.09. The molecular weight excluding hydrogens is 408 g/mol. The third kappa shape index (κ3) is 2.96. The highest BCUT2D eigenvalue weighted by atomic mass is 35.5. The van der Waals surface area contributed by atoms with Gasteiger partial charge in [-0.05, 0) is 31.2 Å².